The van der Waals surface area contributed by atoms with E-state index in [-0.39, 0.29) is 10.5 Å². The molecule has 2 aromatic rings. The van der Waals surface area contributed by atoms with Gasteiger partial charge in [-0.15, -0.1) is 0 Å². The Hall–Kier alpha value is -1.35. The molecule has 0 atom stereocenters. The summed E-state index contributed by atoms with van der Waals surface area (Å²) in [7, 11) is 0. The first-order valence-corrected chi connectivity index (χ1v) is 7.13. The number of benzene rings is 1. The zero-order valence-electron chi connectivity index (χ0n) is 11.2. The summed E-state index contributed by atoms with van der Waals surface area (Å²) >= 11 is 1.21. The number of hydrogen-bond acceptors (Lipinski definition) is 3. The van der Waals surface area contributed by atoms with Crippen molar-refractivity contribution < 1.29 is 4.79 Å². The second-order valence-electron chi connectivity index (χ2n) is 5.37. The van der Waals surface area contributed by atoms with Gasteiger partial charge in [0, 0.05) is 17.1 Å². The Morgan fingerprint density at radius 3 is 2.56 bits per heavy atom. The van der Waals surface area contributed by atoms with E-state index in [1.807, 2.05) is 12.1 Å². The van der Waals surface area contributed by atoms with Crippen molar-refractivity contribution in [1.29, 1.82) is 0 Å². The highest BCUT2D eigenvalue weighted by atomic mass is 32.2. The highest BCUT2D eigenvalue weighted by molar-refractivity contribution is 8.13. The lowest BCUT2D eigenvalue weighted by atomic mass is 9.86. The Morgan fingerprint density at radius 1 is 1.22 bits per heavy atom. The van der Waals surface area contributed by atoms with Crippen LogP contribution in [0, 0.1) is 0 Å². The van der Waals surface area contributed by atoms with Crippen molar-refractivity contribution in [1.82, 2.24) is 4.98 Å². The van der Waals surface area contributed by atoms with Crippen LogP contribution in [0.25, 0.3) is 10.9 Å². The van der Waals surface area contributed by atoms with Gasteiger partial charge in [0.2, 0.25) is 5.12 Å². The summed E-state index contributed by atoms with van der Waals surface area (Å²) in [6.07, 6.45) is 3.45. The molecule has 0 fully saturated rings. The zero-order chi connectivity index (χ0) is 13.3. The van der Waals surface area contributed by atoms with Crippen LogP contribution in [0.5, 0.6) is 0 Å². The van der Waals surface area contributed by atoms with E-state index in [4.69, 9.17) is 0 Å². The molecule has 1 heterocycles. The molecule has 1 aromatic heterocycles. The van der Waals surface area contributed by atoms with E-state index in [9.17, 15) is 4.79 Å². The van der Waals surface area contributed by atoms with Gasteiger partial charge < -0.3 is 0 Å². The van der Waals surface area contributed by atoms with Crippen LogP contribution in [0.2, 0.25) is 0 Å². The zero-order valence-corrected chi connectivity index (χ0v) is 12.0. The molecular formula is C15H17NOS. The molecule has 0 aliphatic carbocycles. The molecule has 94 valence electrons. The average Bonchev–Trinajstić information content (AvgIpc) is 2.35. The summed E-state index contributed by atoms with van der Waals surface area (Å²) in [6.45, 7) is 6.54. The van der Waals surface area contributed by atoms with E-state index >= 15 is 0 Å². The normalized spacial score (nSPS) is 11.8. The molecule has 0 saturated heterocycles. The molecule has 0 aliphatic rings. The number of carbonyl (C=O) groups is 1. The lowest BCUT2D eigenvalue weighted by Gasteiger charge is -2.19. The monoisotopic (exact) mass is 259 g/mol. The Kier molecular flexibility index (Phi) is 3.44. The highest BCUT2D eigenvalue weighted by Crippen LogP contribution is 2.26. The molecule has 2 rings (SSSR count). The maximum atomic E-state index is 11.6. The van der Waals surface area contributed by atoms with Gasteiger partial charge in [-0.3, -0.25) is 9.78 Å². The molecule has 3 heteroatoms. The second kappa shape index (κ2) is 4.73. The van der Waals surface area contributed by atoms with E-state index in [0.717, 1.165) is 10.9 Å². The predicted molar refractivity (Wildman–Crippen MR) is 78.3 cm³/mol. The first kappa shape index (κ1) is 13.1. The van der Waals surface area contributed by atoms with Crippen LogP contribution < -0.4 is 0 Å². The largest absolute Gasteiger partial charge is 0.282 e. The molecule has 0 unspecified atom stereocenters. The number of rotatable bonds is 1. The van der Waals surface area contributed by atoms with E-state index in [2.05, 4.69) is 37.9 Å². The minimum Gasteiger partial charge on any atom is -0.282 e. The topological polar surface area (TPSA) is 30.0 Å². The van der Waals surface area contributed by atoms with Gasteiger partial charge in [-0.2, -0.15) is 0 Å². The minimum absolute atomic E-state index is 0.0595. The van der Waals surface area contributed by atoms with Gasteiger partial charge >= 0.3 is 0 Å². The van der Waals surface area contributed by atoms with Crippen LogP contribution in [0.3, 0.4) is 0 Å². The maximum absolute atomic E-state index is 11.6. The summed E-state index contributed by atoms with van der Waals surface area (Å²) in [5.41, 5.74) is 2.98. The number of nitrogens with zero attached hydrogens (tertiary/aromatic N) is 1. The van der Waals surface area contributed by atoms with Crippen LogP contribution in [0.1, 0.15) is 36.7 Å². The lowest BCUT2D eigenvalue weighted by Crippen LogP contribution is -2.10. The van der Waals surface area contributed by atoms with Gasteiger partial charge in [-0.05, 0) is 29.4 Å². The maximum Gasteiger partial charge on any atom is 0.220 e. The van der Waals surface area contributed by atoms with Crippen molar-refractivity contribution in [3.63, 3.8) is 0 Å². The standard InChI is InChI=1S/C15H17NOS/c1-15(2,3)12-6-5-10-7-11(14(17)18-4)9-16-13(10)8-12/h5-9H,1-4H3. The third-order valence-electron chi connectivity index (χ3n) is 2.97. The average molecular weight is 259 g/mol. The molecule has 0 amide bonds. The fourth-order valence-electron chi connectivity index (χ4n) is 1.82. The third-order valence-corrected chi connectivity index (χ3v) is 3.58. The van der Waals surface area contributed by atoms with Gasteiger partial charge in [0.15, 0.2) is 0 Å². The van der Waals surface area contributed by atoms with E-state index in [1.165, 1.54) is 17.3 Å². The number of pyridine rings is 1. The van der Waals surface area contributed by atoms with Crippen LogP contribution in [-0.2, 0) is 5.41 Å². The highest BCUT2D eigenvalue weighted by Gasteiger charge is 2.14. The van der Waals surface area contributed by atoms with Gasteiger partial charge in [-0.1, -0.05) is 44.7 Å². The van der Waals surface area contributed by atoms with Gasteiger partial charge in [0.1, 0.15) is 0 Å². The smallest absolute Gasteiger partial charge is 0.220 e. The second-order valence-corrected chi connectivity index (χ2v) is 6.15. The van der Waals surface area contributed by atoms with Crippen molar-refractivity contribution in [2.24, 2.45) is 0 Å². The number of carbonyl (C=O) groups excluding carboxylic acids is 1. The summed E-state index contributed by atoms with van der Waals surface area (Å²) in [5, 5.41) is 1.08. The molecule has 0 radical (unpaired) electrons. The molecule has 18 heavy (non-hydrogen) atoms. The van der Waals surface area contributed by atoms with Crippen molar-refractivity contribution in [2.45, 2.75) is 26.2 Å². The van der Waals surface area contributed by atoms with Crippen molar-refractivity contribution in [2.75, 3.05) is 6.26 Å². The summed E-state index contributed by atoms with van der Waals surface area (Å²) in [6, 6.07) is 8.16. The first-order chi connectivity index (χ1) is 8.41. The van der Waals surface area contributed by atoms with Crippen LogP contribution in [-0.4, -0.2) is 16.4 Å². The fourth-order valence-corrected chi connectivity index (χ4v) is 2.16. The van der Waals surface area contributed by atoms with E-state index < -0.39 is 0 Å². The number of aromatic nitrogens is 1. The SMILES string of the molecule is CSC(=O)c1cnc2cc(C(C)(C)C)ccc2c1. The molecule has 2 nitrogen and oxygen atoms in total. The molecular weight excluding hydrogens is 242 g/mol. The quantitative estimate of drug-likeness (QED) is 0.774. The number of thioether (sulfide) groups is 1. The molecule has 1 aromatic carbocycles. The van der Waals surface area contributed by atoms with Crippen LogP contribution in [0.15, 0.2) is 30.5 Å². The molecule has 0 aliphatic heterocycles. The summed E-state index contributed by atoms with van der Waals surface area (Å²) < 4.78 is 0. The van der Waals surface area contributed by atoms with Crippen LogP contribution >= 0.6 is 11.8 Å². The Morgan fingerprint density at radius 2 is 1.94 bits per heavy atom. The van der Waals surface area contributed by atoms with Gasteiger partial charge in [0.05, 0.1) is 5.52 Å². The van der Waals surface area contributed by atoms with Crippen molar-refractivity contribution in [3.05, 3.63) is 41.6 Å². The third kappa shape index (κ3) is 2.56. The Bertz CT molecular complexity index is 599. The number of hydrogen-bond donors (Lipinski definition) is 0. The first-order valence-electron chi connectivity index (χ1n) is 5.90. The van der Waals surface area contributed by atoms with E-state index in [1.54, 1.807) is 12.5 Å². The fraction of sp³-hybridized carbons (Fsp3) is 0.333. The van der Waals surface area contributed by atoms with Crippen molar-refractivity contribution in [3.8, 4) is 0 Å². The molecule has 0 saturated carbocycles. The van der Waals surface area contributed by atoms with Crippen molar-refractivity contribution >= 4 is 27.8 Å². The number of fused-ring (bicyclic) bond motifs is 1. The van der Waals surface area contributed by atoms with Gasteiger partial charge in [-0.25, -0.2) is 0 Å². The molecule has 0 bridgehead atoms. The summed E-state index contributed by atoms with van der Waals surface area (Å²) in [5.74, 6) is 0. The molecule has 0 spiro atoms. The Balaban J connectivity index is 2.52. The Labute approximate surface area is 112 Å². The van der Waals surface area contributed by atoms with Crippen LogP contribution in [0.4, 0.5) is 0 Å². The summed E-state index contributed by atoms with van der Waals surface area (Å²) in [4.78, 5) is 16.0. The minimum atomic E-state index is 0.0595. The lowest BCUT2D eigenvalue weighted by molar-refractivity contribution is 0.108. The van der Waals surface area contributed by atoms with Gasteiger partial charge in [0.25, 0.3) is 0 Å². The van der Waals surface area contributed by atoms with E-state index in [0.29, 0.717) is 5.56 Å². The molecule has 0 N–H and O–H groups in total. The predicted octanol–water partition coefficient (Wildman–Crippen LogP) is 4.04.